The summed E-state index contributed by atoms with van der Waals surface area (Å²) < 4.78 is 67.3. The van der Waals surface area contributed by atoms with Crippen molar-refractivity contribution in [3.63, 3.8) is 0 Å². The number of benzene rings is 1. The number of anilines is 1. The van der Waals surface area contributed by atoms with Crippen molar-refractivity contribution < 1.29 is 31.8 Å². The van der Waals surface area contributed by atoms with E-state index in [-0.39, 0.29) is 28.9 Å². The Morgan fingerprint density at radius 3 is 2.30 bits per heavy atom. The molecule has 0 radical (unpaired) electrons. The molecule has 2 fully saturated rings. The minimum Gasteiger partial charge on any atom is -0.390 e. The van der Waals surface area contributed by atoms with E-state index in [1.165, 1.54) is 28.6 Å². The van der Waals surface area contributed by atoms with Crippen LogP contribution in [0.2, 0.25) is 0 Å². The zero-order valence-electron chi connectivity index (χ0n) is 17.9. The van der Waals surface area contributed by atoms with E-state index in [1.807, 2.05) is 9.80 Å². The smallest absolute Gasteiger partial charge is 0.390 e. The van der Waals surface area contributed by atoms with Gasteiger partial charge in [-0.25, -0.2) is 8.42 Å². The fraction of sp³-hybridized carbons (Fsp3) is 0.524. The molecule has 0 bridgehead atoms. The first-order chi connectivity index (χ1) is 15.4. The number of alkyl halides is 3. The number of hydrogen-bond donors (Lipinski definition) is 2. The van der Waals surface area contributed by atoms with Crippen LogP contribution < -0.4 is 4.90 Å². The molecule has 3 heterocycles. The van der Waals surface area contributed by atoms with Crippen molar-refractivity contribution in [3.05, 3.63) is 47.3 Å². The van der Waals surface area contributed by atoms with Gasteiger partial charge in [0.05, 0.1) is 12.1 Å². The third-order valence-corrected chi connectivity index (χ3v) is 9.49. The number of hydrogen-bond acceptors (Lipinski definition) is 7. The van der Waals surface area contributed by atoms with Crippen LogP contribution in [0.4, 0.5) is 18.9 Å². The summed E-state index contributed by atoms with van der Waals surface area (Å²) in [6.07, 6.45) is -5.21. The summed E-state index contributed by atoms with van der Waals surface area (Å²) in [6, 6.07) is 8.55. The Morgan fingerprint density at radius 2 is 1.76 bits per heavy atom. The van der Waals surface area contributed by atoms with Gasteiger partial charge in [0.1, 0.15) is 4.21 Å². The Kier molecular flexibility index (Phi) is 6.53. The van der Waals surface area contributed by atoms with E-state index < -0.39 is 27.9 Å². The molecular formula is C21H26F3N3O4S2. The van der Waals surface area contributed by atoms with Gasteiger partial charge in [-0.3, -0.25) is 4.90 Å². The number of nitrogens with zero attached hydrogens (tertiary/aromatic N) is 3. The lowest BCUT2D eigenvalue weighted by Crippen LogP contribution is -2.62. The molecule has 12 heteroatoms. The van der Waals surface area contributed by atoms with Crippen LogP contribution in [0.3, 0.4) is 0 Å². The molecule has 33 heavy (non-hydrogen) atoms. The Bertz CT molecular complexity index is 1050. The van der Waals surface area contributed by atoms with Crippen LogP contribution in [0.1, 0.15) is 12.5 Å². The van der Waals surface area contributed by atoms with Crippen molar-refractivity contribution in [2.75, 3.05) is 44.2 Å². The lowest BCUT2D eigenvalue weighted by molar-refractivity contribution is -0.258. The van der Waals surface area contributed by atoms with Crippen LogP contribution in [0.15, 0.2) is 46.0 Å². The summed E-state index contributed by atoms with van der Waals surface area (Å²) >= 11 is 1.16. The normalized spacial score (nSPS) is 23.3. The highest BCUT2D eigenvalue weighted by molar-refractivity contribution is 7.91. The Balaban J connectivity index is 1.57. The van der Waals surface area contributed by atoms with Gasteiger partial charge >= 0.3 is 6.18 Å². The van der Waals surface area contributed by atoms with E-state index in [9.17, 15) is 31.8 Å². The summed E-state index contributed by atoms with van der Waals surface area (Å²) in [4.78, 5) is 4.00. The number of aliphatic hydroxyl groups is 2. The van der Waals surface area contributed by atoms with Crippen LogP contribution in [-0.4, -0.2) is 85.4 Å². The first kappa shape index (κ1) is 24.4. The van der Waals surface area contributed by atoms with Crippen LogP contribution in [0.5, 0.6) is 0 Å². The fourth-order valence-electron chi connectivity index (χ4n) is 4.21. The molecule has 0 aliphatic carbocycles. The fourth-order valence-corrected chi connectivity index (χ4v) is 6.82. The standard InChI is InChI=1S/C21H26F3N3O4S2/c1-20(29,21(22,23)24)15-4-6-16(7-5-15)27-9-8-26(33(30,31)19-3-2-10-32-19)12-17(27)11-25-13-18(28)14-25/h2-7,10,17-18,28-29H,8-9,11-14H2,1H3. The zero-order chi connectivity index (χ0) is 24.0. The molecule has 2 unspecified atom stereocenters. The lowest BCUT2D eigenvalue weighted by Gasteiger charge is -2.46. The highest BCUT2D eigenvalue weighted by Gasteiger charge is 2.51. The molecule has 2 N–H and O–H groups in total. The van der Waals surface area contributed by atoms with E-state index in [1.54, 1.807) is 17.5 Å². The predicted octanol–water partition coefficient (Wildman–Crippen LogP) is 2.07. The van der Waals surface area contributed by atoms with E-state index >= 15 is 0 Å². The molecule has 2 aliphatic heterocycles. The van der Waals surface area contributed by atoms with Gasteiger partial charge in [-0.15, -0.1) is 11.3 Å². The molecule has 1 aromatic carbocycles. The highest BCUT2D eigenvalue weighted by Crippen LogP contribution is 2.39. The molecule has 4 rings (SSSR count). The van der Waals surface area contributed by atoms with Gasteiger partial charge < -0.3 is 15.1 Å². The summed E-state index contributed by atoms with van der Waals surface area (Å²) in [7, 11) is -3.64. The van der Waals surface area contributed by atoms with Crippen LogP contribution in [0, 0.1) is 0 Å². The van der Waals surface area contributed by atoms with Gasteiger partial charge in [-0.05, 0) is 36.1 Å². The van der Waals surface area contributed by atoms with Crippen molar-refractivity contribution >= 4 is 27.0 Å². The van der Waals surface area contributed by atoms with Gasteiger partial charge in [0.2, 0.25) is 0 Å². The third-order valence-electron chi connectivity index (χ3n) is 6.25. The second-order valence-electron chi connectivity index (χ2n) is 8.63. The number of β-amino-alcohol motifs (C(OH)–C–C–N with tert-alkyl or cyclic N) is 1. The Morgan fingerprint density at radius 1 is 1.09 bits per heavy atom. The second-order valence-corrected chi connectivity index (χ2v) is 11.7. The molecule has 2 saturated heterocycles. The minimum atomic E-state index is -4.81. The van der Waals surface area contributed by atoms with Crippen molar-refractivity contribution in [2.45, 2.75) is 35.1 Å². The van der Waals surface area contributed by atoms with Gasteiger partial charge in [0, 0.05) is 45.0 Å². The molecule has 2 aromatic rings. The molecule has 0 saturated carbocycles. The van der Waals surface area contributed by atoms with E-state index in [0.29, 0.717) is 38.8 Å². The molecule has 2 atom stereocenters. The van der Waals surface area contributed by atoms with Crippen molar-refractivity contribution in [1.29, 1.82) is 0 Å². The number of piperazine rings is 1. The van der Waals surface area contributed by atoms with Crippen LogP contribution in [-0.2, 0) is 15.6 Å². The SMILES string of the molecule is CC(O)(c1ccc(N2CCN(S(=O)(=O)c3cccs3)CC2CN2CC(O)C2)cc1)C(F)(F)F. The van der Waals surface area contributed by atoms with Crippen LogP contribution >= 0.6 is 11.3 Å². The number of likely N-dealkylation sites (tertiary alicyclic amines) is 1. The Labute approximate surface area is 194 Å². The molecule has 0 amide bonds. The molecule has 182 valence electrons. The maximum absolute atomic E-state index is 13.2. The topological polar surface area (TPSA) is 84.3 Å². The van der Waals surface area contributed by atoms with Crippen LogP contribution in [0.25, 0.3) is 0 Å². The molecule has 0 spiro atoms. The quantitative estimate of drug-likeness (QED) is 0.626. The number of aliphatic hydroxyl groups excluding tert-OH is 1. The Hall–Kier alpha value is -1.70. The summed E-state index contributed by atoms with van der Waals surface area (Å²) in [5.41, 5.74) is -2.58. The van der Waals surface area contributed by atoms with E-state index in [4.69, 9.17) is 0 Å². The molecule has 1 aromatic heterocycles. The highest BCUT2D eigenvalue weighted by atomic mass is 32.2. The monoisotopic (exact) mass is 505 g/mol. The molecule has 2 aliphatic rings. The van der Waals surface area contributed by atoms with Gasteiger partial charge in [0.15, 0.2) is 5.60 Å². The van der Waals surface area contributed by atoms with Gasteiger partial charge in [-0.2, -0.15) is 17.5 Å². The molecule has 7 nitrogen and oxygen atoms in total. The first-order valence-electron chi connectivity index (χ1n) is 10.5. The first-order valence-corrected chi connectivity index (χ1v) is 12.8. The number of rotatable bonds is 6. The van der Waals surface area contributed by atoms with E-state index in [2.05, 4.69) is 0 Å². The van der Waals surface area contributed by atoms with Gasteiger partial charge in [-0.1, -0.05) is 18.2 Å². The predicted molar refractivity (Wildman–Crippen MR) is 119 cm³/mol. The number of thiophene rings is 1. The summed E-state index contributed by atoms with van der Waals surface area (Å²) in [5.74, 6) is 0. The summed E-state index contributed by atoms with van der Waals surface area (Å²) in [6.45, 7) is 3.03. The maximum atomic E-state index is 13.2. The zero-order valence-corrected chi connectivity index (χ0v) is 19.6. The third kappa shape index (κ3) is 4.77. The minimum absolute atomic E-state index is 0.217. The van der Waals surface area contributed by atoms with Crippen molar-refractivity contribution in [1.82, 2.24) is 9.21 Å². The summed E-state index contributed by atoms with van der Waals surface area (Å²) in [5, 5.41) is 21.3. The maximum Gasteiger partial charge on any atom is 0.421 e. The van der Waals surface area contributed by atoms with Crippen molar-refractivity contribution in [2.24, 2.45) is 0 Å². The van der Waals surface area contributed by atoms with Crippen molar-refractivity contribution in [3.8, 4) is 0 Å². The van der Waals surface area contributed by atoms with E-state index in [0.717, 1.165) is 11.3 Å². The molecular weight excluding hydrogens is 479 g/mol. The number of halogens is 3. The number of sulfonamides is 1. The lowest BCUT2D eigenvalue weighted by atomic mass is 9.95. The van der Waals surface area contributed by atoms with Gasteiger partial charge in [0.25, 0.3) is 10.0 Å². The average molecular weight is 506 g/mol. The largest absolute Gasteiger partial charge is 0.421 e. The average Bonchev–Trinajstić information content (AvgIpc) is 3.28. The second kappa shape index (κ2) is 8.82.